The first-order valence-electron chi connectivity index (χ1n) is 10.1. The zero-order valence-electron chi connectivity index (χ0n) is 17.0. The van der Waals surface area contributed by atoms with E-state index < -0.39 is 5.92 Å². The molecule has 1 N–H and O–H groups in total. The molecule has 2 aromatic carbocycles. The number of nitrogens with zero attached hydrogens (tertiary/aromatic N) is 1. The van der Waals surface area contributed by atoms with Crippen molar-refractivity contribution < 1.29 is 9.59 Å². The lowest BCUT2D eigenvalue weighted by molar-refractivity contribution is -0.132. The fourth-order valence-corrected chi connectivity index (χ4v) is 3.94. The van der Waals surface area contributed by atoms with Gasteiger partial charge in [0, 0.05) is 23.8 Å². The summed E-state index contributed by atoms with van der Waals surface area (Å²) in [5.41, 5.74) is 4.28. The lowest BCUT2D eigenvalue weighted by Crippen LogP contribution is -2.37. The van der Waals surface area contributed by atoms with Crippen LogP contribution in [0.2, 0.25) is 5.02 Å². The number of hydrogen-bond acceptors (Lipinski definition) is 2. The second-order valence-electron chi connectivity index (χ2n) is 7.30. The smallest absolute Gasteiger partial charge is 0.239 e. The molecule has 3 rings (SSSR count). The topological polar surface area (TPSA) is 49.4 Å². The van der Waals surface area contributed by atoms with Crippen molar-refractivity contribution in [2.24, 2.45) is 5.92 Å². The van der Waals surface area contributed by atoms with Gasteiger partial charge in [0.1, 0.15) is 5.92 Å². The van der Waals surface area contributed by atoms with Gasteiger partial charge in [-0.15, -0.1) is 0 Å². The number of aryl methyl sites for hydroxylation is 1. The Hall–Kier alpha value is -2.59. The fourth-order valence-electron chi connectivity index (χ4n) is 3.76. The standard InChI is InChI=1S/C24H27ClN2O2/c1-3-7-18(22-16-19(25)11-10-17(22)2)12-14-26-23(28)21-13-15-27(24(21)29)20-8-5-4-6-9-20/h4-11,16,21H,3,12-15H2,1-2H3,(H,26,28)/b18-7-. The van der Waals surface area contributed by atoms with Crippen LogP contribution in [0.4, 0.5) is 5.69 Å². The maximum Gasteiger partial charge on any atom is 0.239 e. The van der Waals surface area contributed by atoms with Crippen LogP contribution >= 0.6 is 11.6 Å². The SMILES string of the molecule is CC/C=C(/CCNC(=O)C1CCN(c2ccccc2)C1=O)c1cc(Cl)ccc1C. The number of anilines is 1. The summed E-state index contributed by atoms with van der Waals surface area (Å²) >= 11 is 6.17. The van der Waals surface area contributed by atoms with Gasteiger partial charge in [-0.25, -0.2) is 0 Å². The van der Waals surface area contributed by atoms with Crippen LogP contribution in [0.15, 0.2) is 54.6 Å². The van der Waals surface area contributed by atoms with Gasteiger partial charge in [-0.3, -0.25) is 9.59 Å². The summed E-state index contributed by atoms with van der Waals surface area (Å²) in [6, 6.07) is 15.4. The van der Waals surface area contributed by atoms with Crippen molar-refractivity contribution in [1.29, 1.82) is 0 Å². The third-order valence-electron chi connectivity index (χ3n) is 5.28. The largest absolute Gasteiger partial charge is 0.355 e. The van der Waals surface area contributed by atoms with E-state index in [2.05, 4.69) is 25.2 Å². The van der Waals surface area contributed by atoms with E-state index in [1.165, 1.54) is 0 Å². The second-order valence-corrected chi connectivity index (χ2v) is 7.74. The molecule has 5 heteroatoms. The molecular weight excluding hydrogens is 384 g/mol. The molecule has 0 radical (unpaired) electrons. The number of carbonyl (C=O) groups excluding carboxylic acids is 2. The number of carbonyl (C=O) groups is 2. The second kappa shape index (κ2) is 9.75. The minimum absolute atomic E-state index is 0.122. The van der Waals surface area contributed by atoms with Crippen molar-refractivity contribution in [2.45, 2.75) is 33.1 Å². The molecule has 0 spiro atoms. The number of rotatable bonds is 7. The molecule has 0 aromatic heterocycles. The summed E-state index contributed by atoms with van der Waals surface area (Å²) in [7, 11) is 0. The van der Waals surface area contributed by atoms with E-state index in [1.807, 2.05) is 48.5 Å². The van der Waals surface area contributed by atoms with Crippen LogP contribution in [0.1, 0.15) is 37.3 Å². The van der Waals surface area contributed by atoms with Crippen molar-refractivity contribution in [3.63, 3.8) is 0 Å². The Balaban J connectivity index is 1.59. The summed E-state index contributed by atoms with van der Waals surface area (Å²) in [5, 5.41) is 3.66. The van der Waals surface area contributed by atoms with Crippen molar-refractivity contribution in [3.05, 3.63) is 70.8 Å². The highest BCUT2D eigenvalue weighted by molar-refractivity contribution is 6.30. The van der Waals surface area contributed by atoms with Gasteiger partial charge in [0.2, 0.25) is 11.8 Å². The maximum atomic E-state index is 12.7. The van der Waals surface area contributed by atoms with E-state index in [0.717, 1.165) is 28.8 Å². The Morgan fingerprint density at radius 1 is 1.24 bits per heavy atom. The molecule has 1 aliphatic rings. The number of benzene rings is 2. The third kappa shape index (κ3) is 5.07. The number of nitrogens with one attached hydrogen (secondary N) is 1. The predicted octanol–water partition coefficient (Wildman–Crippen LogP) is 5.00. The predicted molar refractivity (Wildman–Crippen MR) is 119 cm³/mol. The van der Waals surface area contributed by atoms with Gasteiger partial charge in [-0.2, -0.15) is 0 Å². The van der Waals surface area contributed by atoms with E-state index in [-0.39, 0.29) is 11.8 Å². The van der Waals surface area contributed by atoms with Gasteiger partial charge in [0.05, 0.1) is 0 Å². The zero-order valence-corrected chi connectivity index (χ0v) is 17.7. The van der Waals surface area contributed by atoms with Gasteiger partial charge in [0.15, 0.2) is 0 Å². The summed E-state index contributed by atoms with van der Waals surface area (Å²) in [4.78, 5) is 27.0. The van der Waals surface area contributed by atoms with Crippen LogP contribution in [-0.4, -0.2) is 24.9 Å². The summed E-state index contributed by atoms with van der Waals surface area (Å²) in [6.07, 6.45) is 4.32. The van der Waals surface area contributed by atoms with Gasteiger partial charge < -0.3 is 10.2 Å². The summed E-state index contributed by atoms with van der Waals surface area (Å²) < 4.78 is 0. The zero-order chi connectivity index (χ0) is 20.8. The molecule has 0 bridgehead atoms. The molecule has 1 heterocycles. The molecular formula is C24H27ClN2O2. The number of hydrogen-bond donors (Lipinski definition) is 1. The molecule has 0 aliphatic carbocycles. The quantitative estimate of drug-likeness (QED) is 0.653. The third-order valence-corrected chi connectivity index (χ3v) is 5.51. The molecule has 1 aliphatic heterocycles. The van der Waals surface area contributed by atoms with Crippen LogP contribution in [-0.2, 0) is 9.59 Å². The Morgan fingerprint density at radius 3 is 2.72 bits per heavy atom. The van der Waals surface area contributed by atoms with Crippen molar-refractivity contribution >= 4 is 34.7 Å². The summed E-state index contributed by atoms with van der Waals surface area (Å²) in [6.45, 7) is 5.21. The lowest BCUT2D eigenvalue weighted by atomic mass is 9.97. The van der Waals surface area contributed by atoms with Gasteiger partial charge >= 0.3 is 0 Å². The van der Waals surface area contributed by atoms with Crippen LogP contribution in [0.3, 0.4) is 0 Å². The van der Waals surface area contributed by atoms with E-state index in [4.69, 9.17) is 11.6 Å². The monoisotopic (exact) mass is 410 g/mol. The first-order valence-corrected chi connectivity index (χ1v) is 10.5. The fraction of sp³-hybridized carbons (Fsp3) is 0.333. The summed E-state index contributed by atoms with van der Waals surface area (Å²) in [5.74, 6) is -0.919. The van der Waals surface area contributed by atoms with Crippen LogP contribution < -0.4 is 10.2 Å². The molecule has 4 nitrogen and oxygen atoms in total. The van der Waals surface area contributed by atoms with E-state index >= 15 is 0 Å². The van der Waals surface area contributed by atoms with Crippen LogP contribution in [0.25, 0.3) is 5.57 Å². The molecule has 0 saturated carbocycles. The molecule has 2 aromatic rings. The molecule has 1 atom stereocenters. The van der Waals surface area contributed by atoms with Gasteiger partial charge in [-0.1, -0.05) is 48.9 Å². The Morgan fingerprint density at radius 2 is 2.00 bits per heavy atom. The molecule has 2 amide bonds. The van der Waals surface area contributed by atoms with Crippen molar-refractivity contribution in [2.75, 3.05) is 18.0 Å². The van der Waals surface area contributed by atoms with Gasteiger partial charge in [0.25, 0.3) is 0 Å². The average molecular weight is 411 g/mol. The van der Waals surface area contributed by atoms with Gasteiger partial charge in [-0.05, 0) is 67.2 Å². The molecule has 152 valence electrons. The molecule has 1 fully saturated rings. The normalized spacial score (nSPS) is 16.9. The molecule has 1 saturated heterocycles. The van der Waals surface area contributed by atoms with E-state index in [9.17, 15) is 9.59 Å². The first-order chi connectivity index (χ1) is 14.0. The number of allylic oxidation sites excluding steroid dienone is 1. The number of para-hydroxylation sites is 1. The van der Waals surface area contributed by atoms with Crippen LogP contribution in [0, 0.1) is 12.8 Å². The van der Waals surface area contributed by atoms with Crippen molar-refractivity contribution in [3.8, 4) is 0 Å². The Bertz CT molecular complexity index is 908. The maximum absolute atomic E-state index is 12.7. The minimum Gasteiger partial charge on any atom is -0.355 e. The highest BCUT2D eigenvalue weighted by Crippen LogP contribution is 2.27. The average Bonchev–Trinajstić information content (AvgIpc) is 3.11. The minimum atomic E-state index is -0.610. The van der Waals surface area contributed by atoms with E-state index in [0.29, 0.717) is 31.0 Å². The number of amides is 2. The molecule has 29 heavy (non-hydrogen) atoms. The highest BCUT2D eigenvalue weighted by atomic mass is 35.5. The van der Waals surface area contributed by atoms with Crippen LogP contribution in [0.5, 0.6) is 0 Å². The Kier molecular flexibility index (Phi) is 7.10. The van der Waals surface area contributed by atoms with Crippen molar-refractivity contribution in [1.82, 2.24) is 5.32 Å². The lowest BCUT2D eigenvalue weighted by Gasteiger charge is -2.17. The van der Waals surface area contributed by atoms with E-state index in [1.54, 1.807) is 4.90 Å². The number of halogens is 1. The highest BCUT2D eigenvalue weighted by Gasteiger charge is 2.37. The molecule has 1 unspecified atom stereocenters. The Labute approximate surface area is 177 Å². The first kappa shape index (κ1) is 21.1.